The van der Waals surface area contributed by atoms with E-state index in [1.165, 1.54) is 4.90 Å². The van der Waals surface area contributed by atoms with Gasteiger partial charge in [-0.2, -0.15) is 0 Å². The van der Waals surface area contributed by atoms with Crippen LogP contribution in [-0.4, -0.2) is 45.2 Å². The van der Waals surface area contributed by atoms with E-state index in [2.05, 4.69) is 10.2 Å². The molecule has 1 heterocycles. The predicted octanol–water partition coefficient (Wildman–Crippen LogP) is 2.24. The average molecular weight is 331 g/mol. The first-order valence-corrected chi connectivity index (χ1v) is 7.83. The number of benzene rings is 1. The molecule has 128 valence electrons. The number of aryl methyl sites for hydroxylation is 1. The highest BCUT2D eigenvalue weighted by molar-refractivity contribution is 5.81. The van der Waals surface area contributed by atoms with Crippen molar-refractivity contribution >= 4 is 11.9 Å². The van der Waals surface area contributed by atoms with Crippen LogP contribution in [0.4, 0.5) is 0 Å². The lowest BCUT2D eigenvalue weighted by Crippen LogP contribution is -2.38. The lowest BCUT2D eigenvalue weighted by Gasteiger charge is -2.22. The molecule has 0 saturated carbocycles. The Morgan fingerprint density at radius 1 is 1.21 bits per heavy atom. The molecule has 1 amide bonds. The summed E-state index contributed by atoms with van der Waals surface area (Å²) in [6, 6.07) is 9.36. The summed E-state index contributed by atoms with van der Waals surface area (Å²) in [5.41, 5.74) is 0.815. The molecule has 7 nitrogen and oxygen atoms in total. The van der Waals surface area contributed by atoms with Crippen LogP contribution in [0.1, 0.15) is 26.2 Å². The highest BCUT2D eigenvalue weighted by Gasteiger charge is 2.19. The van der Waals surface area contributed by atoms with E-state index in [1.54, 1.807) is 0 Å². The summed E-state index contributed by atoms with van der Waals surface area (Å²) < 4.78 is 5.55. The molecular formula is C17H21N3O4. The number of nitrogens with zero attached hydrogens (tertiary/aromatic N) is 3. The zero-order chi connectivity index (χ0) is 17.5. The Bertz CT molecular complexity index is 682. The largest absolute Gasteiger partial charge is 0.480 e. The molecule has 7 heteroatoms. The molecule has 2 aromatic rings. The number of amides is 1. The van der Waals surface area contributed by atoms with Gasteiger partial charge in [0.2, 0.25) is 17.7 Å². The van der Waals surface area contributed by atoms with Crippen LogP contribution in [0.2, 0.25) is 0 Å². The summed E-state index contributed by atoms with van der Waals surface area (Å²) in [4.78, 5) is 24.5. The highest BCUT2D eigenvalue weighted by Crippen LogP contribution is 2.17. The van der Waals surface area contributed by atoms with E-state index in [-0.39, 0.29) is 31.2 Å². The van der Waals surface area contributed by atoms with E-state index in [1.807, 2.05) is 44.2 Å². The maximum atomic E-state index is 12.2. The summed E-state index contributed by atoms with van der Waals surface area (Å²) in [6.07, 6.45) is 0.420. The molecule has 0 fully saturated rings. The first-order valence-electron chi connectivity index (χ1n) is 7.83. The van der Waals surface area contributed by atoms with E-state index < -0.39 is 5.97 Å². The highest BCUT2D eigenvalue weighted by atomic mass is 16.4. The number of carboxylic acid groups (broad SMARTS) is 1. The molecule has 0 aliphatic rings. The molecule has 0 unspecified atom stereocenters. The first kappa shape index (κ1) is 17.7. The summed E-state index contributed by atoms with van der Waals surface area (Å²) >= 11 is 0. The normalized spacial score (nSPS) is 10.8. The Morgan fingerprint density at radius 2 is 1.92 bits per heavy atom. The summed E-state index contributed by atoms with van der Waals surface area (Å²) in [5.74, 6) is -0.287. The average Bonchev–Trinajstić information content (AvgIpc) is 3.01. The van der Waals surface area contributed by atoms with Crippen LogP contribution in [0.3, 0.4) is 0 Å². The van der Waals surface area contributed by atoms with Gasteiger partial charge in [0.15, 0.2) is 0 Å². The zero-order valence-corrected chi connectivity index (χ0v) is 13.8. The van der Waals surface area contributed by atoms with Gasteiger partial charge in [0.25, 0.3) is 0 Å². The number of aromatic nitrogens is 2. The molecular weight excluding hydrogens is 310 g/mol. The second-order valence-corrected chi connectivity index (χ2v) is 5.93. The predicted molar refractivity (Wildman–Crippen MR) is 87.1 cm³/mol. The van der Waals surface area contributed by atoms with Crippen molar-refractivity contribution in [3.8, 4) is 11.5 Å². The smallest absolute Gasteiger partial charge is 0.323 e. The molecule has 0 bridgehead atoms. The fourth-order valence-corrected chi connectivity index (χ4v) is 2.28. The molecule has 0 radical (unpaired) electrons. The van der Waals surface area contributed by atoms with Crippen molar-refractivity contribution in [2.75, 3.05) is 13.1 Å². The van der Waals surface area contributed by atoms with Crippen LogP contribution in [-0.2, 0) is 16.0 Å². The van der Waals surface area contributed by atoms with Crippen molar-refractivity contribution in [2.45, 2.75) is 26.7 Å². The lowest BCUT2D eigenvalue weighted by atomic mass is 10.2. The van der Waals surface area contributed by atoms with E-state index in [0.717, 1.165) is 5.56 Å². The number of carboxylic acids is 1. The summed E-state index contributed by atoms with van der Waals surface area (Å²) in [7, 11) is 0. The minimum atomic E-state index is -1.02. The molecule has 0 atom stereocenters. The second-order valence-electron chi connectivity index (χ2n) is 5.93. The van der Waals surface area contributed by atoms with Crippen molar-refractivity contribution in [3.63, 3.8) is 0 Å². The van der Waals surface area contributed by atoms with Crippen LogP contribution in [0.25, 0.3) is 11.5 Å². The maximum Gasteiger partial charge on any atom is 0.323 e. The minimum absolute atomic E-state index is 0.135. The van der Waals surface area contributed by atoms with Gasteiger partial charge >= 0.3 is 5.97 Å². The molecule has 0 saturated heterocycles. The third kappa shape index (κ3) is 5.19. The van der Waals surface area contributed by atoms with Gasteiger partial charge in [-0.3, -0.25) is 9.59 Å². The Labute approximate surface area is 140 Å². The van der Waals surface area contributed by atoms with Crippen molar-refractivity contribution < 1.29 is 19.1 Å². The second kappa shape index (κ2) is 8.24. The monoisotopic (exact) mass is 331 g/mol. The molecule has 1 N–H and O–H groups in total. The van der Waals surface area contributed by atoms with Crippen LogP contribution in [0, 0.1) is 5.92 Å². The molecule has 1 aromatic heterocycles. The van der Waals surface area contributed by atoms with E-state index >= 15 is 0 Å². The van der Waals surface area contributed by atoms with Gasteiger partial charge in [0.05, 0.1) is 0 Å². The quantitative estimate of drug-likeness (QED) is 0.797. The number of carbonyl (C=O) groups is 2. The van der Waals surface area contributed by atoms with Crippen LogP contribution in [0.5, 0.6) is 0 Å². The molecule has 0 aliphatic heterocycles. The maximum absolute atomic E-state index is 12.2. The van der Waals surface area contributed by atoms with Crippen molar-refractivity contribution in [3.05, 3.63) is 36.2 Å². The number of rotatable bonds is 8. The van der Waals surface area contributed by atoms with Gasteiger partial charge in [0.1, 0.15) is 6.54 Å². The van der Waals surface area contributed by atoms with Crippen molar-refractivity contribution in [1.82, 2.24) is 15.1 Å². The SMILES string of the molecule is CC(C)CN(CC(=O)O)C(=O)CCc1nnc(-c2ccccc2)o1. The van der Waals surface area contributed by atoms with E-state index in [0.29, 0.717) is 18.3 Å². The Hall–Kier alpha value is -2.70. The fraction of sp³-hybridized carbons (Fsp3) is 0.412. The van der Waals surface area contributed by atoms with Gasteiger partial charge in [-0.05, 0) is 18.1 Å². The van der Waals surface area contributed by atoms with Crippen LogP contribution >= 0.6 is 0 Å². The number of hydrogen-bond donors (Lipinski definition) is 1. The van der Waals surface area contributed by atoms with Gasteiger partial charge in [0, 0.05) is 24.9 Å². The third-order valence-corrected chi connectivity index (χ3v) is 3.30. The third-order valence-electron chi connectivity index (χ3n) is 3.30. The molecule has 1 aromatic carbocycles. The van der Waals surface area contributed by atoms with Gasteiger partial charge in [-0.1, -0.05) is 32.0 Å². The number of aliphatic carboxylic acids is 1. The topological polar surface area (TPSA) is 96.5 Å². The van der Waals surface area contributed by atoms with Crippen molar-refractivity contribution in [1.29, 1.82) is 0 Å². The summed E-state index contributed by atoms with van der Waals surface area (Å²) in [6.45, 7) is 3.99. The van der Waals surface area contributed by atoms with Gasteiger partial charge in [-0.15, -0.1) is 10.2 Å². The Morgan fingerprint density at radius 3 is 2.54 bits per heavy atom. The minimum Gasteiger partial charge on any atom is -0.480 e. The van der Waals surface area contributed by atoms with Gasteiger partial charge < -0.3 is 14.4 Å². The molecule has 0 aliphatic carbocycles. The van der Waals surface area contributed by atoms with E-state index in [4.69, 9.17) is 9.52 Å². The number of carbonyl (C=O) groups excluding carboxylic acids is 1. The fourth-order valence-electron chi connectivity index (χ4n) is 2.28. The van der Waals surface area contributed by atoms with Crippen molar-refractivity contribution in [2.24, 2.45) is 5.92 Å². The van der Waals surface area contributed by atoms with Crippen LogP contribution in [0.15, 0.2) is 34.7 Å². The Kier molecular flexibility index (Phi) is 6.06. The standard InChI is InChI=1S/C17H21N3O4/c1-12(2)10-20(11-16(22)23)15(21)9-8-14-18-19-17(24-14)13-6-4-3-5-7-13/h3-7,12H,8-11H2,1-2H3,(H,22,23). The molecule has 24 heavy (non-hydrogen) atoms. The van der Waals surface area contributed by atoms with E-state index in [9.17, 15) is 9.59 Å². The first-order chi connectivity index (χ1) is 11.5. The summed E-state index contributed by atoms with van der Waals surface area (Å²) in [5, 5.41) is 16.8. The zero-order valence-electron chi connectivity index (χ0n) is 13.8. The molecule has 0 spiro atoms. The number of hydrogen-bond acceptors (Lipinski definition) is 5. The van der Waals surface area contributed by atoms with Gasteiger partial charge in [-0.25, -0.2) is 0 Å². The lowest BCUT2D eigenvalue weighted by molar-refractivity contribution is -0.144. The molecule has 2 rings (SSSR count). The Balaban J connectivity index is 1.95. The van der Waals surface area contributed by atoms with Crippen LogP contribution < -0.4 is 0 Å².